The standard InChI is InChI=1S/C18H31NO/c1-6-15(4)11-16(13-19-14(2)3)12-17-9-7-8-10-18(17)20-5/h7-10,14-16,19H,6,11-13H2,1-5H3. The molecule has 0 spiro atoms. The third kappa shape index (κ3) is 5.96. The molecule has 0 saturated heterocycles. The van der Waals surface area contributed by atoms with Crippen LogP contribution in [0.25, 0.3) is 0 Å². The Hall–Kier alpha value is -1.02. The monoisotopic (exact) mass is 277 g/mol. The number of rotatable bonds is 9. The summed E-state index contributed by atoms with van der Waals surface area (Å²) in [6.07, 6.45) is 3.62. The quantitative estimate of drug-likeness (QED) is 0.727. The molecule has 0 aromatic heterocycles. The van der Waals surface area contributed by atoms with Crippen LogP contribution >= 0.6 is 0 Å². The molecule has 2 atom stereocenters. The average molecular weight is 277 g/mol. The van der Waals surface area contributed by atoms with Gasteiger partial charge in [0, 0.05) is 6.04 Å². The maximum atomic E-state index is 5.48. The Bertz CT molecular complexity index is 375. The van der Waals surface area contributed by atoms with Crippen molar-refractivity contribution in [3.8, 4) is 5.75 Å². The molecule has 0 radical (unpaired) electrons. The summed E-state index contributed by atoms with van der Waals surface area (Å²) in [5, 5.41) is 3.59. The van der Waals surface area contributed by atoms with Crippen LogP contribution in [0.2, 0.25) is 0 Å². The molecule has 0 aliphatic rings. The van der Waals surface area contributed by atoms with Gasteiger partial charge in [-0.05, 0) is 42.9 Å². The zero-order chi connectivity index (χ0) is 15.0. The van der Waals surface area contributed by atoms with E-state index in [0.717, 1.165) is 24.6 Å². The number of nitrogens with one attached hydrogen (secondary N) is 1. The van der Waals surface area contributed by atoms with Gasteiger partial charge in [-0.25, -0.2) is 0 Å². The summed E-state index contributed by atoms with van der Waals surface area (Å²) in [5.74, 6) is 2.47. The van der Waals surface area contributed by atoms with Crippen LogP contribution in [0, 0.1) is 11.8 Å². The van der Waals surface area contributed by atoms with Gasteiger partial charge >= 0.3 is 0 Å². The fraction of sp³-hybridized carbons (Fsp3) is 0.667. The smallest absolute Gasteiger partial charge is 0.122 e. The lowest BCUT2D eigenvalue weighted by molar-refractivity contribution is 0.346. The van der Waals surface area contributed by atoms with Gasteiger partial charge in [-0.3, -0.25) is 0 Å². The molecule has 2 unspecified atom stereocenters. The van der Waals surface area contributed by atoms with Crippen LogP contribution in [0.3, 0.4) is 0 Å². The number of para-hydroxylation sites is 1. The number of hydrogen-bond acceptors (Lipinski definition) is 2. The van der Waals surface area contributed by atoms with Crippen molar-refractivity contribution >= 4 is 0 Å². The van der Waals surface area contributed by atoms with Crippen molar-refractivity contribution in [2.45, 2.75) is 53.0 Å². The Morgan fingerprint density at radius 3 is 2.45 bits per heavy atom. The number of hydrogen-bond donors (Lipinski definition) is 1. The van der Waals surface area contributed by atoms with Crippen molar-refractivity contribution in [3.05, 3.63) is 29.8 Å². The highest BCUT2D eigenvalue weighted by molar-refractivity contribution is 5.33. The van der Waals surface area contributed by atoms with Crippen LogP contribution in [-0.4, -0.2) is 19.7 Å². The highest BCUT2D eigenvalue weighted by atomic mass is 16.5. The highest BCUT2D eigenvalue weighted by Crippen LogP contribution is 2.25. The van der Waals surface area contributed by atoms with Crippen molar-refractivity contribution in [1.82, 2.24) is 5.32 Å². The predicted octanol–water partition coefficient (Wildman–Crippen LogP) is 4.29. The van der Waals surface area contributed by atoms with Crippen molar-refractivity contribution in [2.75, 3.05) is 13.7 Å². The van der Waals surface area contributed by atoms with Gasteiger partial charge in [0.25, 0.3) is 0 Å². The lowest BCUT2D eigenvalue weighted by Gasteiger charge is -2.23. The SMILES string of the molecule is CCC(C)CC(CNC(C)C)Cc1ccccc1OC. The molecule has 2 nitrogen and oxygen atoms in total. The topological polar surface area (TPSA) is 21.3 Å². The van der Waals surface area contributed by atoms with Gasteiger partial charge in [0.1, 0.15) is 5.75 Å². The molecule has 0 heterocycles. The minimum absolute atomic E-state index is 0.548. The van der Waals surface area contributed by atoms with Crippen LogP contribution in [0.4, 0.5) is 0 Å². The van der Waals surface area contributed by atoms with E-state index in [9.17, 15) is 0 Å². The van der Waals surface area contributed by atoms with Crippen molar-refractivity contribution in [2.24, 2.45) is 11.8 Å². The lowest BCUT2D eigenvalue weighted by Crippen LogP contribution is -2.30. The first kappa shape index (κ1) is 17.0. The fourth-order valence-corrected chi connectivity index (χ4v) is 2.56. The van der Waals surface area contributed by atoms with Crippen molar-refractivity contribution < 1.29 is 4.74 Å². The van der Waals surface area contributed by atoms with E-state index in [1.807, 2.05) is 6.07 Å². The van der Waals surface area contributed by atoms with E-state index >= 15 is 0 Å². The van der Waals surface area contributed by atoms with Crippen molar-refractivity contribution in [1.29, 1.82) is 0 Å². The number of methoxy groups -OCH3 is 1. The van der Waals surface area contributed by atoms with Gasteiger partial charge in [0.15, 0.2) is 0 Å². The van der Waals surface area contributed by atoms with E-state index in [4.69, 9.17) is 4.74 Å². The molecule has 0 bridgehead atoms. The largest absolute Gasteiger partial charge is 0.496 e. The zero-order valence-corrected chi connectivity index (χ0v) is 13.8. The molecular formula is C18H31NO. The Morgan fingerprint density at radius 2 is 1.85 bits per heavy atom. The molecule has 0 aliphatic heterocycles. The molecule has 1 aromatic carbocycles. The molecule has 1 aromatic rings. The van der Waals surface area contributed by atoms with E-state index in [-0.39, 0.29) is 0 Å². The maximum absolute atomic E-state index is 5.48. The zero-order valence-electron chi connectivity index (χ0n) is 13.8. The number of ether oxygens (including phenoxy) is 1. The molecule has 1 rings (SSSR count). The predicted molar refractivity (Wildman–Crippen MR) is 87.4 cm³/mol. The van der Waals surface area contributed by atoms with Gasteiger partial charge in [0.05, 0.1) is 7.11 Å². The second-order valence-corrected chi connectivity index (χ2v) is 6.19. The van der Waals surface area contributed by atoms with Crippen LogP contribution < -0.4 is 10.1 Å². The molecule has 20 heavy (non-hydrogen) atoms. The first-order valence-electron chi connectivity index (χ1n) is 7.92. The summed E-state index contributed by atoms with van der Waals surface area (Å²) in [7, 11) is 1.76. The molecule has 114 valence electrons. The van der Waals surface area contributed by atoms with Crippen LogP contribution in [0.15, 0.2) is 24.3 Å². The first-order valence-corrected chi connectivity index (χ1v) is 7.92. The van der Waals surface area contributed by atoms with E-state index in [1.165, 1.54) is 18.4 Å². The summed E-state index contributed by atoms with van der Waals surface area (Å²) in [4.78, 5) is 0. The van der Waals surface area contributed by atoms with Crippen LogP contribution in [-0.2, 0) is 6.42 Å². The van der Waals surface area contributed by atoms with Crippen molar-refractivity contribution in [3.63, 3.8) is 0 Å². The van der Waals surface area contributed by atoms with Crippen LogP contribution in [0.5, 0.6) is 5.75 Å². The van der Waals surface area contributed by atoms with Gasteiger partial charge in [0.2, 0.25) is 0 Å². The minimum atomic E-state index is 0.548. The highest BCUT2D eigenvalue weighted by Gasteiger charge is 2.15. The Morgan fingerprint density at radius 1 is 1.15 bits per heavy atom. The Balaban J connectivity index is 2.71. The summed E-state index contributed by atoms with van der Waals surface area (Å²) in [6, 6.07) is 8.95. The molecular weight excluding hydrogens is 246 g/mol. The lowest BCUT2D eigenvalue weighted by atomic mass is 9.88. The van der Waals surface area contributed by atoms with E-state index in [1.54, 1.807) is 7.11 Å². The second kappa shape index (κ2) is 9.02. The summed E-state index contributed by atoms with van der Waals surface area (Å²) in [6.45, 7) is 10.1. The first-order chi connectivity index (χ1) is 9.56. The summed E-state index contributed by atoms with van der Waals surface area (Å²) in [5.41, 5.74) is 1.33. The van der Waals surface area contributed by atoms with E-state index in [0.29, 0.717) is 12.0 Å². The summed E-state index contributed by atoms with van der Waals surface area (Å²) < 4.78 is 5.48. The molecule has 0 amide bonds. The number of benzene rings is 1. The Labute approximate surface area is 124 Å². The average Bonchev–Trinajstić information content (AvgIpc) is 2.45. The third-order valence-corrected chi connectivity index (χ3v) is 3.95. The Kier molecular flexibility index (Phi) is 7.68. The van der Waals surface area contributed by atoms with Gasteiger partial charge in [-0.15, -0.1) is 0 Å². The molecule has 0 fully saturated rings. The van der Waals surface area contributed by atoms with Gasteiger partial charge in [-0.1, -0.05) is 52.3 Å². The van der Waals surface area contributed by atoms with Gasteiger partial charge < -0.3 is 10.1 Å². The second-order valence-electron chi connectivity index (χ2n) is 6.19. The molecule has 2 heteroatoms. The van der Waals surface area contributed by atoms with Crippen LogP contribution in [0.1, 0.15) is 46.1 Å². The fourth-order valence-electron chi connectivity index (χ4n) is 2.56. The third-order valence-electron chi connectivity index (χ3n) is 3.95. The normalized spacial score (nSPS) is 14.3. The van der Waals surface area contributed by atoms with E-state index < -0.39 is 0 Å². The molecule has 0 saturated carbocycles. The molecule has 1 N–H and O–H groups in total. The molecule has 0 aliphatic carbocycles. The van der Waals surface area contributed by atoms with E-state index in [2.05, 4.69) is 51.2 Å². The minimum Gasteiger partial charge on any atom is -0.496 e. The maximum Gasteiger partial charge on any atom is 0.122 e. The summed E-state index contributed by atoms with van der Waals surface area (Å²) >= 11 is 0. The van der Waals surface area contributed by atoms with Gasteiger partial charge in [-0.2, -0.15) is 0 Å².